The van der Waals surface area contributed by atoms with Crippen molar-refractivity contribution in [3.05, 3.63) is 0 Å². The van der Waals surface area contributed by atoms with Gasteiger partial charge >= 0.3 is 0 Å². The van der Waals surface area contributed by atoms with E-state index in [9.17, 15) is 4.79 Å². The molecule has 0 amide bonds. The van der Waals surface area contributed by atoms with Gasteiger partial charge in [-0.05, 0) is 45.7 Å². The summed E-state index contributed by atoms with van der Waals surface area (Å²) in [7, 11) is 1.74. The average Bonchev–Trinajstić information content (AvgIpc) is 2.20. The molecule has 0 heterocycles. The number of unbranched alkanes of at least 4 members (excludes halogenated alkanes) is 3. The van der Waals surface area contributed by atoms with Crippen LogP contribution in [-0.2, 0) is 9.53 Å². The Morgan fingerprint density at radius 2 is 1.73 bits per heavy atom. The molecule has 0 unspecified atom stereocenters. The van der Waals surface area contributed by atoms with Gasteiger partial charge in [-0.25, -0.2) is 0 Å². The van der Waals surface area contributed by atoms with Gasteiger partial charge in [0.05, 0.1) is 0 Å². The molecule has 0 aromatic rings. The molecule has 90 valence electrons. The molecule has 0 aromatic carbocycles. The molecule has 0 aliphatic rings. The summed E-state index contributed by atoms with van der Waals surface area (Å²) < 4.78 is 4.96. The van der Waals surface area contributed by atoms with Crippen LogP contribution in [0.4, 0.5) is 0 Å². The minimum Gasteiger partial charge on any atom is -0.385 e. The normalized spacial score (nSPS) is 10.5. The lowest BCUT2D eigenvalue weighted by Crippen LogP contribution is -2.17. The zero-order valence-electron chi connectivity index (χ0n) is 10.2. The molecule has 0 atom stereocenters. The van der Waals surface area contributed by atoms with Crippen LogP contribution < -0.4 is 5.32 Å². The van der Waals surface area contributed by atoms with E-state index in [1.165, 1.54) is 12.8 Å². The summed E-state index contributed by atoms with van der Waals surface area (Å²) in [5, 5.41) is 3.39. The number of nitrogens with one attached hydrogen (secondary N) is 1. The monoisotopic (exact) mass is 215 g/mol. The van der Waals surface area contributed by atoms with Gasteiger partial charge in [0.15, 0.2) is 0 Å². The van der Waals surface area contributed by atoms with E-state index in [-0.39, 0.29) is 0 Å². The fraction of sp³-hybridized carbons (Fsp3) is 0.917. The molecule has 1 N–H and O–H groups in total. The summed E-state index contributed by atoms with van der Waals surface area (Å²) in [6.07, 6.45) is 6.44. The number of ether oxygens (including phenoxy) is 1. The quantitative estimate of drug-likeness (QED) is 0.537. The molecule has 0 rings (SSSR count). The largest absolute Gasteiger partial charge is 0.385 e. The van der Waals surface area contributed by atoms with Crippen molar-refractivity contribution in [3.63, 3.8) is 0 Å². The number of ketones is 1. The van der Waals surface area contributed by atoms with E-state index in [1.54, 1.807) is 14.0 Å². The van der Waals surface area contributed by atoms with Crippen molar-refractivity contribution < 1.29 is 9.53 Å². The summed E-state index contributed by atoms with van der Waals surface area (Å²) >= 11 is 0. The molecule has 0 radical (unpaired) electrons. The molecular formula is C12H25NO2. The Kier molecular flexibility index (Phi) is 11.3. The Labute approximate surface area is 93.6 Å². The Morgan fingerprint density at radius 1 is 1.07 bits per heavy atom. The highest BCUT2D eigenvalue weighted by Gasteiger charge is 1.93. The van der Waals surface area contributed by atoms with Crippen molar-refractivity contribution in [3.8, 4) is 0 Å². The molecule has 0 spiro atoms. The standard InChI is InChI=1S/C12H25NO2/c1-12(14)8-4-3-5-9-13-10-6-7-11-15-2/h13H,3-11H2,1-2H3. The highest BCUT2D eigenvalue weighted by atomic mass is 16.5. The lowest BCUT2D eigenvalue weighted by atomic mass is 10.1. The third-order valence-corrected chi connectivity index (χ3v) is 2.33. The second-order valence-corrected chi connectivity index (χ2v) is 3.96. The van der Waals surface area contributed by atoms with E-state index in [0.717, 1.165) is 45.4 Å². The van der Waals surface area contributed by atoms with Crippen molar-refractivity contribution in [1.29, 1.82) is 0 Å². The zero-order valence-corrected chi connectivity index (χ0v) is 10.2. The summed E-state index contributed by atoms with van der Waals surface area (Å²) in [6.45, 7) is 4.68. The average molecular weight is 215 g/mol. The highest BCUT2D eigenvalue weighted by Crippen LogP contribution is 1.99. The first-order valence-corrected chi connectivity index (χ1v) is 5.96. The lowest BCUT2D eigenvalue weighted by molar-refractivity contribution is -0.117. The fourth-order valence-corrected chi connectivity index (χ4v) is 1.42. The van der Waals surface area contributed by atoms with Crippen LogP contribution in [0.15, 0.2) is 0 Å². The molecule has 15 heavy (non-hydrogen) atoms. The first kappa shape index (κ1) is 14.6. The van der Waals surface area contributed by atoms with Gasteiger partial charge in [0.2, 0.25) is 0 Å². The van der Waals surface area contributed by atoms with E-state index in [0.29, 0.717) is 5.78 Å². The van der Waals surface area contributed by atoms with Gasteiger partial charge in [-0.15, -0.1) is 0 Å². The molecule has 0 aliphatic heterocycles. The highest BCUT2D eigenvalue weighted by molar-refractivity contribution is 5.75. The maximum absolute atomic E-state index is 10.7. The van der Waals surface area contributed by atoms with Crippen LogP contribution in [0.2, 0.25) is 0 Å². The summed E-state index contributed by atoms with van der Waals surface area (Å²) in [5.41, 5.74) is 0. The zero-order chi connectivity index (χ0) is 11.4. The SMILES string of the molecule is COCCCCNCCCCCC(C)=O. The third kappa shape index (κ3) is 13.6. The first-order valence-electron chi connectivity index (χ1n) is 5.96. The van der Waals surface area contributed by atoms with E-state index >= 15 is 0 Å². The summed E-state index contributed by atoms with van der Waals surface area (Å²) in [5.74, 6) is 0.308. The van der Waals surface area contributed by atoms with Crippen LogP contribution in [0, 0.1) is 0 Å². The Bertz CT molecular complexity index is 149. The molecule has 0 fully saturated rings. The second kappa shape index (κ2) is 11.7. The van der Waals surface area contributed by atoms with Gasteiger partial charge in [0.25, 0.3) is 0 Å². The van der Waals surface area contributed by atoms with Crippen LogP contribution in [0.3, 0.4) is 0 Å². The van der Waals surface area contributed by atoms with Gasteiger partial charge in [0, 0.05) is 20.1 Å². The Balaban J connectivity index is 2.89. The Hall–Kier alpha value is -0.410. The predicted octanol–water partition coefficient (Wildman–Crippen LogP) is 2.15. The summed E-state index contributed by atoms with van der Waals surface area (Å²) in [4.78, 5) is 10.7. The molecule has 0 saturated carbocycles. The number of rotatable bonds is 11. The van der Waals surface area contributed by atoms with Gasteiger partial charge < -0.3 is 14.8 Å². The first-order chi connectivity index (χ1) is 7.27. The molecule has 0 bridgehead atoms. The van der Waals surface area contributed by atoms with Crippen molar-refractivity contribution in [2.24, 2.45) is 0 Å². The number of methoxy groups -OCH3 is 1. The summed E-state index contributed by atoms with van der Waals surface area (Å²) in [6, 6.07) is 0. The van der Waals surface area contributed by atoms with E-state index < -0.39 is 0 Å². The smallest absolute Gasteiger partial charge is 0.129 e. The predicted molar refractivity (Wildman–Crippen MR) is 63.1 cm³/mol. The van der Waals surface area contributed by atoms with Crippen LogP contribution >= 0.6 is 0 Å². The van der Waals surface area contributed by atoms with E-state index in [4.69, 9.17) is 4.74 Å². The van der Waals surface area contributed by atoms with Gasteiger partial charge in [-0.1, -0.05) is 6.42 Å². The van der Waals surface area contributed by atoms with Crippen molar-refractivity contribution in [1.82, 2.24) is 5.32 Å². The molecule has 0 aromatic heterocycles. The van der Waals surface area contributed by atoms with E-state index in [1.807, 2.05) is 0 Å². The van der Waals surface area contributed by atoms with Crippen molar-refractivity contribution >= 4 is 5.78 Å². The minimum atomic E-state index is 0.308. The molecule has 3 heteroatoms. The number of carbonyl (C=O) groups is 1. The maximum Gasteiger partial charge on any atom is 0.129 e. The van der Waals surface area contributed by atoms with Gasteiger partial charge in [-0.3, -0.25) is 0 Å². The molecule has 0 aliphatic carbocycles. The number of hydrogen-bond acceptors (Lipinski definition) is 3. The molecular weight excluding hydrogens is 190 g/mol. The van der Waals surface area contributed by atoms with Crippen LogP contribution in [0.5, 0.6) is 0 Å². The number of carbonyl (C=O) groups excluding carboxylic acids is 1. The maximum atomic E-state index is 10.7. The molecule has 0 saturated heterocycles. The minimum absolute atomic E-state index is 0.308. The van der Waals surface area contributed by atoms with Crippen LogP contribution in [-0.4, -0.2) is 32.6 Å². The van der Waals surface area contributed by atoms with Crippen LogP contribution in [0.25, 0.3) is 0 Å². The lowest BCUT2D eigenvalue weighted by Gasteiger charge is -2.04. The number of hydrogen-bond donors (Lipinski definition) is 1. The third-order valence-electron chi connectivity index (χ3n) is 2.33. The van der Waals surface area contributed by atoms with Crippen LogP contribution in [0.1, 0.15) is 45.4 Å². The fourth-order valence-electron chi connectivity index (χ4n) is 1.42. The second-order valence-electron chi connectivity index (χ2n) is 3.96. The Morgan fingerprint density at radius 3 is 2.33 bits per heavy atom. The molecule has 3 nitrogen and oxygen atoms in total. The van der Waals surface area contributed by atoms with Gasteiger partial charge in [0.1, 0.15) is 5.78 Å². The van der Waals surface area contributed by atoms with Gasteiger partial charge in [-0.2, -0.15) is 0 Å². The number of Topliss-reactive ketones (excluding diaryl/α,β-unsaturated/α-hetero) is 1. The topological polar surface area (TPSA) is 38.3 Å². The van der Waals surface area contributed by atoms with E-state index in [2.05, 4.69) is 5.32 Å². The van der Waals surface area contributed by atoms with Crippen molar-refractivity contribution in [2.75, 3.05) is 26.8 Å². The van der Waals surface area contributed by atoms with Crippen molar-refractivity contribution in [2.45, 2.75) is 45.4 Å².